The van der Waals surface area contributed by atoms with Crippen molar-refractivity contribution in [1.82, 2.24) is 10.2 Å². The number of nitrogens with zero attached hydrogens (tertiary/aromatic N) is 2. The summed E-state index contributed by atoms with van der Waals surface area (Å²) in [4.78, 5) is 2.01. The Balaban J connectivity index is 2.26. The van der Waals surface area contributed by atoms with Gasteiger partial charge in [-0.15, -0.1) is 0 Å². The zero-order valence-corrected chi connectivity index (χ0v) is 8.29. The monoisotopic (exact) mass is 183 g/mol. The lowest BCUT2D eigenvalue weighted by Crippen LogP contribution is -2.46. The van der Waals surface area contributed by atoms with E-state index >= 15 is 0 Å². The minimum atomic E-state index is -0.0365. The van der Waals surface area contributed by atoms with Gasteiger partial charge in [0.05, 0.1) is 24.8 Å². The van der Waals surface area contributed by atoms with Crippen molar-refractivity contribution in [3.63, 3.8) is 0 Å². The molecule has 4 nitrogen and oxygen atoms in total. The van der Waals surface area contributed by atoms with Gasteiger partial charge in [0.2, 0.25) is 0 Å². The van der Waals surface area contributed by atoms with E-state index in [1.165, 1.54) is 0 Å². The fourth-order valence-electron chi connectivity index (χ4n) is 1.31. The first-order valence-electron chi connectivity index (χ1n) is 4.66. The molecular formula is C9H17N3O. The second-order valence-electron chi connectivity index (χ2n) is 3.44. The maximum atomic E-state index is 8.69. The molecule has 1 N–H and O–H groups in total. The molecule has 1 heterocycles. The van der Waals surface area contributed by atoms with Crippen LogP contribution in [0.3, 0.4) is 0 Å². The number of ether oxygens (including phenoxy) is 1. The van der Waals surface area contributed by atoms with Crippen molar-refractivity contribution >= 4 is 0 Å². The van der Waals surface area contributed by atoms with Crippen LogP contribution in [-0.4, -0.2) is 50.3 Å². The van der Waals surface area contributed by atoms with Crippen LogP contribution in [0.5, 0.6) is 0 Å². The SMILES string of the molecule is CC(C#N)N(C)CC1CNCCO1. The van der Waals surface area contributed by atoms with Gasteiger partial charge in [-0.2, -0.15) is 5.26 Å². The van der Waals surface area contributed by atoms with E-state index in [4.69, 9.17) is 10.00 Å². The summed E-state index contributed by atoms with van der Waals surface area (Å²) in [6.07, 6.45) is 0.231. The molecule has 0 saturated carbocycles. The molecule has 1 aliphatic heterocycles. The summed E-state index contributed by atoms with van der Waals surface area (Å²) < 4.78 is 5.53. The molecule has 4 heteroatoms. The zero-order valence-electron chi connectivity index (χ0n) is 8.29. The van der Waals surface area contributed by atoms with Crippen LogP contribution in [0.4, 0.5) is 0 Å². The first kappa shape index (κ1) is 10.5. The highest BCUT2D eigenvalue weighted by Crippen LogP contribution is 2.01. The molecule has 1 rings (SSSR count). The number of nitrogens with one attached hydrogen (secondary N) is 1. The van der Waals surface area contributed by atoms with Gasteiger partial charge < -0.3 is 10.1 Å². The maximum Gasteiger partial charge on any atom is 0.0947 e. The summed E-state index contributed by atoms with van der Waals surface area (Å²) in [6.45, 7) is 5.33. The average Bonchev–Trinajstić information content (AvgIpc) is 2.18. The lowest BCUT2D eigenvalue weighted by molar-refractivity contribution is 0.00744. The van der Waals surface area contributed by atoms with Gasteiger partial charge in [-0.3, -0.25) is 4.90 Å². The van der Waals surface area contributed by atoms with Gasteiger partial charge in [0.1, 0.15) is 0 Å². The first-order valence-corrected chi connectivity index (χ1v) is 4.66. The smallest absolute Gasteiger partial charge is 0.0947 e. The molecule has 0 aliphatic carbocycles. The van der Waals surface area contributed by atoms with Crippen LogP contribution in [0.15, 0.2) is 0 Å². The molecule has 1 aliphatic rings. The van der Waals surface area contributed by atoms with E-state index in [1.54, 1.807) is 0 Å². The quantitative estimate of drug-likeness (QED) is 0.659. The number of rotatable bonds is 3. The van der Waals surface area contributed by atoms with Crippen LogP contribution < -0.4 is 5.32 Å². The van der Waals surface area contributed by atoms with Crippen molar-refractivity contribution in [2.45, 2.75) is 19.1 Å². The summed E-state index contributed by atoms with van der Waals surface area (Å²) in [5.41, 5.74) is 0. The lowest BCUT2D eigenvalue weighted by Gasteiger charge is -2.28. The summed E-state index contributed by atoms with van der Waals surface area (Å²) >= 11 is 0. The molecule has 0 spiro atoms. The van der Waals surface area contributed by atoms with Gasteiger partial charge in [0, 0.05) is 19.6 Å². The van der Waals surface area contributed by atoms with Crippen LogP contribution in [-0.2, 0) is 4.74 Å². The Kier molecular flexibility index (Phi) is 4.16. The van der Waals surface area contributed by atoms with Crippen LogP contribution in [0.1, 0.15) is 6.92 Å². The summed E-state index contributed by atoms with van der Waals surface area (Å²) in [5, 5.41) is 11.9. The third-order valence-corrected chi connectivity index (χ3v) is 2.34. The molecule has 0 amide bonds. The fraction of sp³-hybridized carbons (Fsp3) is 0.889. The van der Waals surface area contributed by atoms with E-state index < -0.39 is 0 Å². The van der Waals surface area contributed by atoms with E-state index in [9.17, 15) is 0 Å². The lowest BCUT2D eigenvalue weighted by atomic mass is 10.2. The molecule has 2 unspecified atom stereocenters. The molecule has 0 aromatic carbocycles. The number of hydrogen-bond acceptors (Lipinski definition) is 4. The fourth-order valence-corrected chi connectivity index (χ4v) is 1.31. The number of likely N-dealkylation sites (N-methyl/N-ethyl adjacent to an activating group) is 1. The highest BCUT2D eigenvalue weighted by molar-refractivity contribution is 4.87. The van der Waals surface area contributed by atoms with E-state index in [-0.39, 0.29) is 12.1 Å². The first-order chi connectivity index (χ1) is 6.24. The Morgan fingerprint density at radius 3 is 3.08 bits per heavy atom. The number of hydrogen-bond donors (Lipinski definition) is 1. The Hall–Kier alpha value is -0.630. The highest BCUT2D eigenvalue weighted by Gasteiger charge is 2.17. The van der Waals surface area contributed by atoms with Gasteiger partial charge in [-0.25, -0.2) is 0 Å². The van der Waals surface area contributed by atoms with E-state index in [0.717, 1.165) is 26.2 Å². The van der Waals surface area contributed by atoms with E-state index in [2.05, 4.69) is 11.4 Å². The standard InChI is InChI=1S/C9H17N3O/c1-8(5-10)12(2)7-9-6-11-3-4-13-9/h8-9,11H,3-4,6-7H2,1-2H3. The average molecular weight is 183 g/mol. The normalized spacial score (nSPS) is 25.5. The van der Waals surface area contributed by atoms with Gasteiger partial charge >= 0.3 is 0 Å². The summed E-state index contributed by atoms with van der Waals surface area (Å²) in [5.74, 6) is 0. The Bertz CT molecular complexity index is 184. The van der Waals surface area contributed by atoms with Gasteiger partial charge in [-0.05, 0) is 14.0 Å². The molecular weight excluding hydrogens is 166 g/mol. The van der Waals surface area contributed by atoms with Crippen molar-refractivity contribution in [2.75, 3.05) is 33.3 Å². The summed E-state index contributed by atoms with van der Waals surface area (Å²) in [6, 6.07) is 2.17. The molecule has 0 radical (unpaired) electrons. The van der Waals surface area contributed by atoms with Crippen molar-refractivity contribution in [3.8, 4) is 6.07 Å². The molecule has 74 valence electrons. The van der Waals surface area contributed by atoms with Crippen LogP contribution in [0.25, 0.3) is 0 Å². The molecule has 0 bridgehead atoms. The van der Waals surface area contributed by atoms with Gasteiger partial charge in [-0.1, -0.05) is 0 Å². The molecule has 13 heavy (non-hydrogen) atoms. The van der Waals surface area contributed by atoms with Crippen LogP contribution >= 0.6 is 0 Å². The van der Waals surface area contributed by atoms with Crippen molar-refractivity contribution in [1.29, 1.82) is 5.26 Å². The minimum Gasteiger partial charge on any atom is -0.374 e. The summed E-state index contributed by atoms with van der Waals surface area (Å²) in [7, 11) is 1.95. The zero-order chi connectivity index (χ0) is 9.68. The van der Waals surface area contributed by atoms with Crippen molar-refractivity contribution < 1.29 is 4.74 Å². The molecule has 0 aromatic rings. The van der Waals surface area contributed by atoms with Crippen molar-refractivity contribution in [2.24, 2.45) is 0 Å². The molecule has 1 fully saturated rings. The minimum absolute atomic E-state index is 0.0365. The molecule has 1 saturated heterocycles. The molecule has 0 aromatic heterocycles. The third kappa shape index (κ3) is 3.31. The Morgan fingerprint density at radius 2 is 2.54 bits per heavy atom. The second kappa shape index (κ2) is 5.18. The van der Waals surface area contributed by atoms with Gasteiger partial charge in [0.15, 0.2) is 0 Å². The van der Waals surface area contributed by atoms with Crippen LogP contribution in [0, 0.1) is 11.3 Å². The predicted molar refractivity (Wildman–Crippen MR) is 50.3 cm³/mol. The van der Waals surface area contributed by atoms with E-state index in [0.29, 0.717) is 0 Å². The second-order valence-corrected chi connectivity index (χ2v) is 3.44. The topological polar surface area (TPSA) is 48.3 Å². The number of morpholine rings is 1. The highest BCUT2D eigenvalue weighted by atomic mass is 16.5. The Labute approximate surface area is 79.5 Å². The van der Waals surface area contributed by atoms with Crippen LogP contribution in [0.2, 0.25) is 0 Å². The predicted octanol–water partition coefficient (Wildman–Crippen LogP) is -0.181. The largest absolute Gasteiger partial charge is 0.374 e. The maximum absolute atomic E-state index is 8.69. The molecule has 2 atom stereocenters. The third-order valence-electron chi connectivity index (χ3n) is 2.34. The van der Waals surface area contributed by atoms with Gasteiger partial charge in [0.25, 0.3) is 0 Å². The van der Waals surface area contributed by atoms with Crippen molar-refractivity contribution in [3.05, 3.63) is 0 Å². The van der Waals surface area contributed by atoms with E-state index in [1.807, 2.05) is 18.9 Å². The Morgan fingerprint density at radius 1 is 1.77 bits per heavy atom. The number of nitriles is 1.